The van der Waals surface area contributed by atoms with E-state index < -0.39 is 10.0 Å². The van der Waals surface area contributed by atoms with Gasteiger partial charge in [-0.2, -0.15) is 8.42 Å². The molecule has 0 unspecified atom stereocenters. The van der Waals surface area contributed by atoms with E-state index in [0.29, 0.717) is 10.7 Å². The summed E-state index contributed by atoms with van der Waals surface area (Å²) in [6.07, 6.45) is 5.39. The molecule has 0 radical (unpaired) electrons. The first-order chi connectivity index (χ1) is 12.9. The van der Waals surface area contributed by atoms with E-state index >= 15 is 0 Å². The van der Waals surface area contributed by atoms with E-state index in [1.54, 1.807) is 30.3 Å². The molecule has 6 nitrogen and oxygen atoms in total. The number of hydrogen-bond acceptors (Lipinski definition) is 5. The SMILES string of the molecule is C=CCN1C(=O)/C(=C/c2ccco2)SC1=NS(=O)(=O)c1ccc(CC)cc1. The number of thioether (sulfide) groups is 1. The molecule has 1 amide bonds. The maximum absolute atomic E-state index is 12.7. The zero-order chi connectivity index (χ0) is 19.4. The second kappa shape index (κ2) is 7.98. The highest BCUT2D eigenvalue weighted by Gasteiger charge is 2.34. The zero-order valence-corrected chi connectivity index (χ0v) is 16.3. The van der Waals surface area contributed by atoms with E-state index in [1.165, 1.54) is 29.4 Å². The number of nitrogens with zero attached hydrogens (tertiary/aromatic N) is 2. The number of rotatable bonds is 6. The lowest BCUT2D eigenvalue weighted by atomic mass is 10.2. The summed E-state index contributed by atoms with van der Waals surface area (Å²) in [5.74, 6) is 0.162. The fraction of sp³-hybridized carbons (Fsp3) is 0.158. The molecule has 2 heterocycles. The third-order valence-electron chi connectivity index (χ3n) is 3.84. The Kier molecular flexibility index (Phi) is 5.67. The number of sulfonamides is 1. The molecule has 27 heavy (non-hydrogen) atoms. The normalized spacial score (nSPS) is 17.8. The highest BCUT2D eigenvalue weighted by atomic mass is 32.2. The van der Waals surface area contributed by atoms with Crippen molar-refractivity contribution < 1.29 is 17.6 Å². The van der Waals surface area contributed by atoms with Crippen LogP contribution < -0.4 is 0 Å². The van der Waals surface area contributed by atoms with Crippen LogP contribution in [0.25, 0.3) is 6.08 Å². The average Bonchev–Trinajstić information content (AvgIpc) is 3.26. The molecule has 140 valence electrons. The van der Waals surface area contributed by atoms with Crippen LogP contribution in [0.3, 0.4) is 0 Å². The van der Waals surface area contributed by atoms with Crippen LogP contribution in [-0.4, -0.2) is 30.9 Å². The molecule has 0 atom stereocenters. The molecule has 1 aliphatic rings. The molecule has 0 spiro atoms. The van der Waals surface area contributed by atoms with Crippen LogP contribution >= 0.6 is 11.8 Å². The molecule has 3 rings (SSSR count). The van der Waals surface area contributed by atoms with Gasteiger partial charge in [0.2, 0.25) is 0 Å². The number of furan rings is 1. The lowest BCUT2D eigenvalue weighted by molar-refractivity contribution is -0.121. The summed E-state index contributed by atoms with van der Waals surface area (Å²) >= 11 is 0.995. The van der Waals surface area contributed by atoms with Crippen molar-refractivity contribution in [3.8, 4) is 0 Å². The van der Waals surface area contributed by atoms with Crippen molar-refractivity contribution in [2.45, 2.75) is 18.2 Å². The van der Waals surface area contributed by atoms with Gasteiger partial charge in [-0.1, -0.05) is 25.1 Å². The van der Waals surface area contributed by atoms with Gasteiger partial charge in [-0.05, 0) is 48.0 Å². The monoisotopic (exact) mass is 402 g/mol. The maximum Gasteiger partial charge on any atom is 0.284 e. The quantitative estimate of drug-likeness (QED) is 0.544. The highest BCUT2D eigenvalue weighted by Crippen LogP contribution is 2.33. The van der Waals surface area contributed by atoms with Gasteiger partial charge in [0.15, 0.2) is 5.17 Å². The number of carbonyl (C=O) groups excluding carboxylic acids is 1. The van der Waals surface area contributed by atoms with Crippen molar-refractivity contribution in [1.82, 2.24) is 4.90 Å². The molecule has 8 heteroatoms. The topological polar surface area (TPSA) is 80.0 Å². The van der Waals surface area contributed by atoms with Gasteiger partial charge in [0.1, 0.15) is 5.76 Å². The second-order valence-electron chi connectivity index (χ2n) is 5.68. The standard InChI is InChI=1S/C19H18N2O4S2/c1-3-11-21-18(22)17(13-15-6-5-12-25-15)26-19(21)20-27(23,24)16-9-7-14(4-2)8-10-16/h3,5-10,12-13H,1,4,11H2,2H3/b17-13-,20-19?. The molecular formula is C19H18N2O4S2. The van der Waals surface area contributed by atoms with E-state index in [2.05, 4.69) is 11.0 Å². The lowest BCUT2D eigenvalue weighted by Gasteiger charge is -2.12. The number of amidine groups is 1. The van der Waals surface area contributed by atoms with Gasteiger partial charge in [-0.3, -0.25) is 9.69 Å². The van der Waals surface area contributed by atoms with Crippen LogP contribution in [0, 0.1) is 0 Å². The first-order valence-corrected chi connectivity index (χ1v) is 10.5. The van der Waals surface area contributed by atoms with Crippen LogP contribution in [0.1, 0.15) is 18.2 Å². The summed E-state index contributed by atoms with van der Waals surface area (Å²) in [7, 11) is -3.94. The molecule has 1 aromatic heterocycles. The Morgan fingerprint density at radius 1 is 1.26 bits per heavy atom. The van der Waals surface area contributed by atoms with Crippen molar-refractivity contribution in [2.75, 3.05) is 6.54 Å². The van der Waals surface area contributed by atoms with Crippen molar-refractivity contribution in [3.63, 3.8) is 0 Å². The fourth-order valence-electron chi connectivity index (χ4n) is 2.42. The molecular weight excluding hydrogens is 384 g/mol. The molecule has 0 aliphatic carbocycles. The summed E-state index contributed by atoms with van der Waals surface area (Å²) in [6, 6.07) is 9.97. The molecule has 1 fully saturated rings. The Morgan fingerprint density at radius 2 is 2.00 bits per heavy atom. The number of aryl methyl sites for hydroxylation is 1. The van der Waals surface area contributed by atoms with Crippen molar-refractivity contribution in [3.05, 3.63) is 71.5 Å². The Labute approximate surface area is 162 Å². The molecule has 0 bridgehead atoms. The maximum atomic E-state index is 12.7. The smallest absolute Gasteiger partial charge is 0.284 e. The van der Waals surface area contributed by atoms with Crippen molar-refractivity contribution in [2.24, 2.45) is 4.40 Å². The molecule has 1 aliphatic heterocycles. The predicted molar refractivity (Wildman–Crippen MR) is 107 cm³/mol. The van der Waals surface area contributed by atoms with Gasteiger partial charge in [0, 0.05) is 12.6 Å². The van der Waals surface area contributed by atoms with Crippen LogP contribution in [0.4, 0.5) is 0 Å². The Balaban J connectivity index is 1.96. The van der Waals surface area contributed by atoms with Gasteiger partial charge in [-0.25, -0.2) is 0 Å². The third kappa shape index (κ3) is 4.23. The minimum atomic E-state index is -3.94. The molecule has 2 aromatic rings. The van der Waals surface area contributed by atoms with E-state index in [4.69, 9.17) is 4.42 Å². The Bertz CT molecular complexity index is 1000. The van der Waals surface area contributed by atoms with Gasteiger partial charge < -0.3 is 4.42 Å². The predicted octanol–water partition coefficient (Wildman–Crippen LogP) is 3.69. The molecule has 1 aromatic carbocycles. The number of amides is 1. The van der Waals surface area contributed by atoms with Crippen molar-refractivity contribution >= 4 is 38.9 Å². The summed E-state index contributed by atoms with van der Waals surface area (Å²) in [4.78, 5) is 14.3. The summed E-state index contributed by atoms with van der Waals surface area (Å²) < 4.78 is 34.5. The minimum Gasteiger partial charge on any atom is -0.465 e. The van der Waals surface area contributed by atoms with Gasteiger partial charge in [0.05, 0.1) is 16.1 Å². The molecule has 0 N–H and O–H groups in total. The summed E-state index contributed by atoms with van der Waals surface area (Å²) in [5.41, 5.74) is 1.03. The zero-order valence-electron chi connectivity index (χ0n) is 14.7. The van der Waals surface area contributed by atoms with E-state index in [0.717, 1.165) is 23.7 Å². The Morgan fingerprint density at radius 3 is 2.59 bits per heavy atom. The fourth-order valence-corrected chi connectivity index (χ4v) is 4.59. The summed E-state index contributed by atoms with van der Waals surface area (Å²) in [5, 5.41) is 0.0947. The number of hydrogen-bond donors (Lipinski definition) is 0. The van der Waals surface area contributed by atoms with Crippen LogP contribution in [0.15, 0.2) is 73.9 Å². The first kappa shape index (κ1) is 19.2. The summed E-state index contributed by atoms with van der Waals surface area (Å²) in [6.45, 7) is 5.77. The minimum absolute atomic E-state index is 0.0854. The number of benzene rings is 1. The average molecular weight is 402 g/mol. The molecule has 1 saturated heterocycles. The van der Waals surface area contributed by atoms with Gasteiger partial charge in [0.25, 0.3) is 15.9 Å². The molecule has 0 saturated carbocycles. The highest BCUT2D eigenvalue weighted by molar-refractivity contribution is 8.19. The van der Waals surface area contributed by atoms with Crippen molar-refractivity contribution in [1.29, 1.82) is 0 Å². The van der Waals surface area contributed by atoms with Crippen LogP contribution in [0.2, 0.25) is 0 Å². The second-order valence-corrected chi connectivity index (χ2v) is 8.29. The van der Waals surface area contributed by atoms with Gasteiger partial charge in [-0.15, -0.1) is 11.0 Å². The Hall–Kier alpha value is -2.58. The lowest BCUT2D eigenvalue weighted by Crippen LogP contribution is -2.29. The van der Waals surface area contributed by atoms with E-state index in [9.17, 15) is 13.2 Å². The third-order valence-corrected chi connectivity index (χ3v) is 6.25. The number of carbonyl (C=O) groups is 1. The van der Waals surface area contributed by atoms with Crippen LogP contribution in [0.5, 0.6) is 0 Å². The largest absolute Gasteiger partial charge is 0.465 e. The van der Waals surface area contributed by atoms with E-state index in [1.807, 2.05) is 6.92 Å². The van der Waals surface area contributed by atoms with Gasteiger partial charge >= 0.3 is 0 Å². The van der Waals surface area contributed by atoms with E-state index in [-0.39, 0.29) is 22.5 Å². The van der Waals surface area contributed by atoms with Crippen LogP contribution in [-0.2, 0) is 21.2 Å². The first-order valence-electron chi connectivity index (χ1n) is 8.24.